The third-order valence-corrected chi connectivity index (χ3v) is 4.59. The predicted octanol–water partition coefficient (Wildman–Crippen LogP) is 0.707. The summed E-state index contributed by atoms with van der Waals surface area (Å²) in [6, 6.07) is 3.03. The van der Waals surface area contributed by atoms with E-state index in [2.05, 4.69) is 9.88 Å². The monoisotopic (exact) mass is 274 g/mol. The average Bonchev–Trinajstić information content (AvgIpc) is 2.97. The van der Waals surface area contributed by atoms with Crippen molar-refractivity contribution in [3.8, 4) is 0 Å². The van der Waals surface area contributed by atoms with Crippen LogP contribution in [0.25, 0.3) is 0 Å². The van der Waals surface area contributed by atoms with Crippen molar-refractivity contribution in [3.05, 3.63) is 34.3 Å². The van der Waals surface area contributed by atoms with E-state index in [0.717, 1.165) is 0 Å². The molecule has 0 saturated carbocycles. The number of aliphatic hydroxyl groups is 1. The molecule has 2 heterocycles. The first-order valence-corrected chi connectivity index (χ1v) is 7.06. The van der Waals surface area contributed by atoms with Gasteiger partial charge in [0.2, 0.25) is 10.0 Å². The fraction of sp³-hybridized carbons (Fsp3) is 0.222. The van der Waals surface area contributed by atoms with Gasteiger partial charge in [0.25, 0.3) is 0 Å². The van der Waals surface area contributed by atoms with Gasteiger partial charge in [0.1, 0.15) is 0 Å². The smallest absolute Gasteiger partial charge is 0.242 e. The lowest BCUT2D eigenvalue weighted by Crippen LogP contribution is -2.23. The molecule has 0 aliphatic carbocycles. The summed E-state index contributed by atoms with van der Waals surface area (Å²) < 4.78 is 30.9. The van der Waals surface area contributed by atoms with E-state index in [1.165, 1.54) is 23.6 Å². The number of nitrogens with zero attached hydrogens (tertiary/aromatic N) is 1. The van der Waals surface area contributed by atoms with Crippen LogP contribution in [-0.4, -0.2) is 18.7 Å². The maximum Gasteiger partial charge on any atom is 0.242 e. The lowest BCUT2D eigenvalue weighted by Gasteiger charge is -2.04. The number of rotatable bonds is 5. The van der Waals surface area contributed by atoms with Gasteiger partial charge in [-0.25, -0.2) is 13.1 Å². The summed E-state index contributed by atoms with van der Waals surface area (Å²) in [6.45, 7) is -0.265. The third-order valence-electron chi connectivity index (χ3n) is 2.07. The lowest BCUT2D eigenvalue weighted by atomic mass is 10.5. The van der Waals surface area contributed by atoms with Crippen LogP contribution < -0.4 is 4.72 Å². The summed E-state index contributed by atoms with van der Waals surface area (Å²) in [4.78, 5) is 0.514. The largest absolute Gasteiger partial charge is 0.391 e. The van der Waals surface area contributed by atoms with E-state index in [-0.39, 0.29) is 18.0 Å². The second kappa shape index (κ2) is 4.96. The number of sulfonamides is 1. The van der Waals surface area contributed by atoms with E-state index in [1.54, 1.807) is 11.4 Å². The van der Waals surface area contributed by atoms with Gasteiger partial charge in [-0.1, -0.05) is 5.16 Å². The highest BCUT2D eigenvalue weighted by atomic mass is 32.2. The number of hydrogen-bond acceptors (Lipinski definition) is 6. The average molecular weight is 274 g/mol. The SMILES string of the molecule is O=S(=O)(NCc1ccno1)c1ccsc1CO. The molecule has 0 fully saturated rings. The first kappa shape index (κ1) is 12.2. The van der Waals surface area contributed by atoms with Crippen molar-refractivity contribution in [2.75, 3.05) is 0 Å². The highest BCUT2D eigenvalue weighted by molar-refractivity contribution is 7.89. The third kappa shape index (κ3) is 2.72. The van der Waals surface area contributed by atoms with Crippen molar-refractivity contribution in [3.63, 3.8) is 0 Å². The summed E-state index contributed by atoms with van der Waals surface area (Å²) in [5.74, 6) is 0.425. The molecule has 0 aromatic carbocycles. The number of aromatic nitrogens is 1. The summed E-state index contributed by atoms with van der Waals surface area (Å²) in [6.07, 6.45) is 1.44. The Bertz CT molecular complexity index is 574. The van der Waals surface area contributed by atoms with Crippen molar-refractivity contribution in [2.45, 2.75) is 18.0 Å². The van der Waals surface area contributed by atoms with Gasteiger partial charge in [0.05, 0.1) is 24.2 Å². The molecule has 0 saturated heterocycles. The van der Waals surface area contributed by atoms with Crippen LogP contribution in [0.15, 0.2) is 33.1 Å². The van der Waals surface area contributed by atoms with Gasteiger partial charge in [0, 0.05) is 10.9 Å². The molecule has 0 spiro atoms. The summed E-state index contributed by atoms with van der Waals surface area (Å²) >= 11 is 1.19. The van der Waals surface area contributed by atoms with Crippen LogP contribution in [0.3, 0.4) is 0 Å². The minimum Gasteiger partial charge on any atom is -0.391 e. The molecule has 0 radical (unpaired) electrons. The Labute approximate surface area is 102 Å². The maximum absolute atomic E-state index is 11.9. The van der Waals surface area contributed by atoms with Crippen molar-refractivity contribution < 1.29 is 18.0 Å². The van der Waals surface area contributed by atoms with Gasteiger partial charge >= 0.3 is 0 Å². The number of aliphatic hydroxyl groups excluding tert-OH is 1. The van der Waals surface area contributed by atoms with E-state index >= 15 is 0 Å². The minimum absolute atomic E-state index is 0.0308. The van der Waals surface area contributed by atoms with Crippen LogP contribution in [0, 0.1) is 0 Å². The normalized spacial score (nSPS) is 11.8. The van der Waals surface area contributed by atoms with E-state index in [0.29, 0.717) is 10.6 Å². The fourth-order valence-electron chi connectivity index (χ4n) is 1.26. The Morgan fingerprint density at radius 3 is 2.94 bits per heavy atom. The quantitative estimate of drug-likeness (QED) is 0.837. The molecule has 6 nitrogen and oxygen atoms in total. The summed E-state index contributed by atoms with van der Waals surface area (Å²) in [5.41, 5.74) is 0. The minimum atomic E-state index is -3.62. The van der Waals surface area contributed by atoms with Crippen molar-refractivity contribution in [1.82, 2.24) is 9.88 Å². The molecule has 2 aromatic rings. The Morgan fingerprint density at radius 1 is 1.47 bits per heavy atom. The molecular weight excluding hydrogens is 264 g/mol. The van der Waals surface area contributed by atoms with Crippen LogP contribution in [0.4, 0.5) is 0 Å². The fourth-order valence-corrected chi connectivity index (χ4v) is 3.55. The maximum atomic E-state index is 11.9. The molecular formula is C9H10N2O4S2. The molecule has 2 aromatic heterocycles. The topological polar surface area (TPSA) is 92.4 Å². The zero-order valence-electron chi connectivity index (χ0n) is 8.66. The van der Waals surface area contributed by atoms with E-state index in [4.69, 9.17) is 9.63 Å². The van der Waals surface area contributed by atoms with E-state index < -0.39 is 10.0 Å². The van der Waals surface area contributed by atoms with Crippen LogP contribution >= 0.6 is 11.3 Å². The van der Waals surface area contributed by atoms with Crippen LogP contribution in [0.2, 0.25) is 0 Å². The van der Waals surface area contributed by atoms with Crippen LogP contribution in [0.1, 0.15) is 10.6 Å². The van der Waals surface area contributed by atoms with Gasteiger partial charge in [0.15, 0.2) is 5.76 Å². The van der Waals surface area contributed by atoms with Crippen molar-refractivity contribution >= 4 is 21.4 Å². The van der Waals surface area contributed by atoms with Crippen molar-refractivity contribution in [1.29, 1.82) is 0 Å². The molecule has 0 atom stereocenters. The number of thiophene rings is 1. The van der Waals surface area contributed by atoms with E-state index in [9.17, 15) is 8.42 Å². The van der Waals surface area contributed by atoms with E-state index in [1.807, 2.05) is 0 Å². The zero-order chi connectivity index (χ0) is 12.3. The molecule has 8 heteroatoms. The van der Waals surface area contributed by atoms with Gasteiger partial charge < -0.3 is 9.63 Å². The standard InChI is InChI=1S/C9H10N2O4S2/c12-6-8-9(2-4-16-8)17(13,14)11-5-7-1-3-10-15-7/h1-4,11-12H,5-6H2. The molecule has 2 rings (SSSR count). The van der Waals surface area contributed by atoms with Gasteiger partial charge in [-0.15, -0.1) is 11.3 Å². The summed E-state index contributed by atoms with van der Waals surface area (Å²) in [7, 11) is -3.62. The number of hydrogen-bond donors (Lipinski definition) is 2. The summed E-state index contributed by atoms with van der Waals surface area (Å²) in [5, 5.41) is 14.1. The Kier molecular flexibility index (Phi) is 3.57. The molecule has 2 N–H and O–H groups in total. The second-order valence-corrected chi connectivity index (χ2v) is 5.91. The molecule has 0 unspecified atom stereocenters. The molecule has 92 valence electrons. The van der Waals surface area contributed by atoms with Gasteiger partial charge in [-0.05, 0) is 11.4 Å². The first-order valence-electron chi connectivity index (χ1n) is 4.70. The molecule has 0 aliphatic heterocycles. The molecule has 0 bridgehead atoms. The zero-order valence-corrected chi connectivity index (χ0v) is 10.3. The van der Waals surface area contributed by atoms with Gasteiger partial charge in [-0.2, -0.15) is 0 Å². The Morgan fingerprint density at radius 2 is 2.29 bits per heavy atom. The molecule has 0 aliphatic rings. The number of nitrogens with one attached hydrogen (secondary N) is 1. The lowest BCUT2D eigenvalue weighted by molar-refractivity contribution is 0.282. The molecule has 0 amide bonds. The second-order valence-electron chi connectivity index (χ2n) is 3.17. The van der Waals surface area contributed by atoms with Crippen LogP contribution in [0.5, 0.6) is 0 Å². The highest BCUT2D eigenvalue weighted by Crippen LogP contribution is 2.21. The van der Waals surface area contributed by atoms with Crippen molar-refractivity contribution in [2.24, 2.45) is 0 Å². The van der Waals surface area contributed by atoms with Gasteiger partial charge in [-0.3, -0.25) is 0 Å². The Hall–Kier alpha value is -1.22. The predicted molar refractivity (Wildman–Crippen MR) is 60.8 cm³/mol. The first-order chi connectivity index (χ1) is 8.13. The molecule has 17 heavy (non-hydrogen) atoms. The Balaban J connectivity index is 2.14. The highest BCUT2D eigenvalue weighted by Gasteiger charge is 2.19. The van der Waals surface area contributed by atoms with Crippen LogP contribution in [-0.2, 0) is 23.2 Å².